The first kappa shape index (κ1) is 15.5. The highest BCUT2D eigenvalue weighted by molar-refractivity contribution is 5.14. The molecule has 3 unspecified atom stereocenters. The summed E-state index contributed by atoms with van der Waals surface area (Å²) in [6, 6.07) is 11.6. The van der Waals surface area contributed by atoms with Crippen LogP contribution < -0.4 is 5.73 Å². The third-order valence-electron chi connectivity index (χ3n) is 5.01. The van der Waals surface area contributed by atoms with Crippen LogP contribution in [-0.4, -0.2) is 24.0 Å². The largest absolute Gasteiger partial charge is 0.330 e. The van der Waals surface area contributed by atoms with Crippen molar-refractivity contribution >= 4 is 0 Å². The molecule has 1 aliphatic rings. The minimum absolute atomic E-state index is 0.727. The molecule has 112 valence electrons. The molecule has 2 rings (SSSR count). The molecule has 0 heterocycles. The second-order valence-electron chi connectivity index (χ2n) is 6.43. The Bertz CT molecular complexity index is 376. The van der Waals surface area contributed by atoms with Crippen LogP contribution in [0.3, 0.4) is 0 Å². The number of nitrogens with two attached hydrogens (primary N) is 1. The van der Waals surface area contributed by atoms with Crippen molar-refractivity contribution in [3.8, 4) is 0 Å². The van der Waals surface area contributed by atoms with Crippen molar-refractivity contribution in [3.05, 3.63) is 35.9 Å². The Balaban J connectivity index is 2.06. The SMILES string of the molecule is CC1CCCC(N(CCCN)Cc2ccccc2)C1C. The van der Waals surface area contributed by atoms with Gasteiger partial charge in [0.15, 0.2) is 0 Å². The average Bonchev–Trinajstić information content (AvgIpc) is 2.48. The van der Waals surface area contributed by atoms with Crippen LogP contribution >= 0.6 is 0 Å². The maximum atomic E-state index is 5.74. The van der Waals surface area contributed by atoms with Gasteiger partial charge in [0.2, 0.25) is 0 Å². The fraction of sp³-hybridized carbons (Fsp3) is 0.667. The Labute approximate surface area is 124 Å². The lowest BCUT2D eigenvalue weighted by Gasteiger charge is -2.42. The van der Waals surface area contributed by atoms with Gasteiger partial charge in [-0.25, -0.2) is 0 Å². The third-order valence-corrected chi connectivity index (χ3v) is 5.01. The van der Waals surface area contributed by atoms with Crippen LogP contribution in [0.2, 0.25) is 0 Å². The third kappa shape index (κ3) is 4.07. The van der Waals surface area contributed by atoms with Gasteiger partial charge in [0, 0.05) is 12.6 Å². The van der Waals surface area contributed by atoms with E-state index in [9.17, 15) is 0 Å². The highest BCUT2D eigenvalue weighted by Crippen LogP contribution is 2.33. The minimum atomic E-state index is 0.727. The van der Waals surface area contributed by atoms with Crippen LogP contribution in [0.15, 0.2) is 30.3 Å². The molecule has 2 N–H and O–H groups in total. The van der Waals surface area contributed by atoms with E-state index in [1.807, 2.05) is 0 Å². The lowest BCUT2D eigenvalue weighted by Crippen LogP contribution is -2.44. The van der Waals surface area contributed by atoms with Crippen molar-refractivity contribution in [2.45, 2.75) is 52.1 Å². The molecule has 20 heavy (non-hydrogen) atoms. The summed E-state index contributed by atoms with van der Waals surface area (Å²) < 4.78 is 0. The number of benzene rings is 1. The lowest BCUT2D eigenvalue weighted by molar-refractivity contribution is 0.0743. The Morgan fingerprint density at radius 3 is 2.60 bits per heavy atom. The van der Waals surface area contributed by atoms with Gasteiger partial charge in [-0.15, -0.1) is 0 Å². The second-order valence-corrected chi connectivity index (χ2v) is 6.43. The number of hydrogen-bond acceptors (Lipinski definition) is 2. The van der Waals surface area contributed by atoms with Gasteiger partial charge in [0.25, 0.3) is 0 Å². The van der Waals surface area contributed by atoms with Crippen molar-refractivity contribution in [2.24, 2.45) is 17.6 Å². The van der Waals surface area contributed by atoms with Gasteiger partial charge < -0.3 is 5.73 Å². The Kier molecular flexibility index (Phi) is 6.06. The maximum absolute atomic E-state index is 5.74. The molecule has 0 radical (unpaired) electrons. The second kappa shape index (κ2) is 7.80. The molecule has 1 saturated carbocycles. The van der Waals surface area contributed by atoms with Crippen molar-refractivity contribution in [3.63, 3.8) is 0 Å². The molecule has 0 spiro atoms. The van der Waals surface area contributed by atoms with Gasteiger partial charge in [0.05, 0.1) is 0 Å². The predicted molar refractivity (Wildman–Crippen MR) is 86.5 cm³/mol. The quantitative estimate of drug-likeness (QED) is 0.857. The van der Waals surface area contributed by atoms with Crippen molar-refractivity contribution in [1.29, 1.82) is 0 Å². The maximum Gasteiger partial charge on any atom is 0.0236 e. The van der Waals surface area contributed by atoms with E-state index in [1.165, 1.54) is 24.8 Å². The van der Waals surface area contributed by atoms with Crippen molar-refractivity contribution in [1.82, 2.24) is 4.90 Å². The Hall–Kier alpha value is -0.860. The van der Waals surface area contributed by atoms with E-state index < -0.39 is 0 Å². The molecule has 1 aromatic carbocycles. The van der Waals surface area contributed by atoms with Crippen molar-refractivity contribution in [2.75, 3.05) is 13.1 Å². The number of hydrogen-bond donors (Lipinski definition) is 1. The van der Waals surface area contributed by atoms with Crippen LogP contribution in [0.25, 0.3) is 0 Å². The highest BCUT2D eigenvalue weighted by atomic mass is 15.2. The van der Waals surface area contributed by atoms with Gasteiger partial charge in [-0.3, -0.25) is 4.90 Å². The molecule has 2 nitrogen and oxygen atoms in total. The summed E-state index contributed by atoms with van der Waals surface area (Å²) in [5, 5.41) is 0. The van der Waals surface area contributed by atoms with Crippen molar-refractivity contribution < 1.29 is 0 Å². The van der Waals surface area contributed by atoms with Gasteiger partial charge >= 0.3 is 0 Å². The van der Waals surface area contributed by atoms with E-state index in [0.29, 0.717) is 0 Å². The summed E-state index contributed by atoms with van der Waals surface area (Å²) in [5.74, 6) is 1.65. The van der Waals surface area contributed by atoms with Crippen LogP contribution in [-0.2, 0) is 6.54 Å². The predicted octanol–water partition coefficient (Wildman–Crippen LogP) is 3.66. The smallest absolute Gasteiger partial charge is 0.0236 e. The lowest BCUT2D eigenvalue weighted by atomic mass is 9.77. The van der Waals surface area contributed by atoms with E-state index in [2.05, 4.69) is 49.1 Å². The minimum Gasteiger partial charge on any atom is -0.330 e. The van der Waals surface area contributed by atoms with Crippen LogP contribution in [0.1, 0.15) is 45.1 Å². The van der Waals surface area contributed by atoms with Crippen LogP contribution in [0, 0.1) is 11.8 Å². The monoisotopic (exact) mass is 274 g/mol. The zero-order chi connectivity index (χ0) is 14.4. The van der Waals surface area contributed by atoms with Gasteiger partial charge in [-0.05, 0) is 43.3 Å². The van der Waals surface area contributed by atoms with Gasteiger partial charge in [-0.1, -0.05) is 57.0 Å². The Morgan fingerprint density at radius 2 is 1.90 bits per heavy atom. The standard InChI is InChI=1S/C18H30N2/c1-15-8-6-11-18(16(15)2)20(13-7-12-19)14-17-9-4-3-5-10-17/h3-5,9-10,15-16,18H,6-8,11-14,19H2,1-2H3. The van der Waals surface area contributed by atoms with E-state index in [1.54, 1.807) is 0 Å². The van der Waals surface area contributed by atoms with Crippen LogP contribution in [0.5, 0.6) is 0 Å². The Morgan fingerprint density at radius 1 is 1.15 bits per heavy atom. The normalized spacial score (nSPS) is 26.9. The summed E-state index contributed by atoms with van der Waals surface area (Å²) in [7, 11) is 0. The molecule has 0 amide bonds. The summed E-state index contributed by atoms with van der Waals surface area (Å²) in [4.78, 5) is 2.68. The zero-order valence-corrected chi connectivity index (χ0v) is 13.1. The fourth-order valence-electron chi connectivity index (χ4n) is 3.54. The molecule has 0 bridgehead atoms. The molecule has 0 aliphatic heterocycles. The molecule has 0 saturated heterocycles. The van der Waals surface area contributed by atoms with E-state index >= 15 is 0 Å². The highest BCUT2D eigenvalue weighted by Gasteiger charge is 2.31. The van der Waals surface area contributed by atoms with Crippen LogP contribution in [0.4, 0.5) is 0 Å². The topological polar surface area (TPSA) is 29.3 Å². The molecule has 3 atom stereocenters. The summed E-state index contributed by atoms with van der Waals surface area (Å²) in [6.45, 7) is 7.85. The molecule has 1 fully saturated rings. The molecular weight excluding hydrogens is 244 g/mol. The first-order valence-electron chi connectivity index (χ1n) is 8.20. The molecule has 2 heteroatoms. The average molecular weight is 274 g/mol. The fourth-order valence-corrected chi connectivity index (χ4v) is 3.54. The summed E-state index contributed by atoms with van der Waals surface area (Å²) in [6.07, 6.45) is 5.23. The van der Waals surface area contributed by atoms with Gasteiger partial charge in [-0.2, -0.15) is 0 Å². The summed E-state index contributed by atoms with van der Waals surface area (Å²) >= 11 is 0. The van der Waals surface area contributed by atoms with Gasteiger partial charge in [0.1, 0.15) is 0 Å². The van der Waals surface area contributed by atoms with E-state index in [0.717, 1.165) is 43.9 Å². The first-order valence-corrected chi connectivity index (χ1v) is 8.20. The first-order chi connectivity index (χ1) is 9.72. The molecule has 0 aromatic heterocycles. The van der Waals surface area contributed by atoms with E-state index in [4.69, 9.17) is 5.73 Å². The molecule has 1 aromatic rings. The zero-order valence-electron chi connectivity index (χ0n) is 13.1. The number of nitrogens with zero attached hydrogens (tertiary/aromatic N) is 1. The summed E-state index contributed by atoms with van der Waals surface area (Å²) in [5.41, 5.74) is 7.16. The molecular formula is C18H30N2. The van der Waals surface area contributed by atoms with E-state index in [-0.39, 0.29) is 0 Å². The molecule has 1 aliphatic carbocycles. The number of rotatable bonds is 6.